The zero-order chi connectivity index (χ0) is 20.4. The van der Waals surface area contributed by atoms with Crippen molar-refractivity contribution in [1.82, 2.24) is 5.32 Å². The molecule has 2 aliphatic rings. The molecule has 2 atom stereocenters. The van der Waals surface area contributed by atoms with Crippen LogP contribution in [0.2, 0.25) is 0 Å². The van der Waals surface area contributed by atoms with Crippen LogP contribution in [0.1, 0.15) is 57.9 Å². The molecule has 0 aromatic heterocycles. The van der Waals surface area contributed by atoms with Crippen LogP contribution in [0.5, 0.6) is 5.75 Å². The first kappa shape index (κ1) is 20.1. The number of carbonyl (C=O) groups is 1. The smallest absolute Gasteiger partial charge is 0.352 e. The second-order valence-corrected chi connectivity index (χ2v) is 9.13. The van der Waals surface area contributed by atoms with E-state index in [1.54, 1.807) is 0 Å². The lowest BCUT2D eigenvalue weighted by molar-refractivity contribution is -0.201. The van der Waals surface area contributed by atoms with Crippen molar-refractivity contribution in [3.8, 4) is 5.75 Å². The van der Waals surface area contributed by atoms with E-state index in [4.69, 9.17) is 4.74 Å². The molecule has 2 aromatic rings. The summed E-state index contributed by atoms with van der Waals surface area (Å²) in [7, 11) is 0. The van der Waals surface area contributed by atoms with E-state index in [0.717, 1.165) is 24.0 Å². The number of hydrogen-bond acceptors (Lipinski definition) is 4. The maximum absolute atomic E-state index is 12.2. The zero-order valence-electron chi connectivity index (χ0n) is 17.2. The molecule has 4 rings (SSSR count). The second-order valence-electron chi connectivity index (χ2n) is 9.13. The van der Waals surface area contributed by atoms with E-state index in [1.165, 1.54) is 30.2 Å². The monoisotopic (exact) mass is 399 g/mol. The highest BCUT2D eigenvalue weighted by Crippen LogP contribution is 2.47. The second kappa shape index (κ2) is 8.31. The number of ether oxygens (including phenoxy) is 1. The van der Waals surface area contributed by atoms with Crippen LogP contribution in [0.4, 0.5) is 4.53 Å². The normalized spacial score (nSPS) is 24.1. The third-order valence-corrected chi connectivity index (χ3v) is 6.93. The molecule has 0 spiro atoms. The van der Waals surface area contributed by atoms with E-state index in [9.17, 15) is 9.32 Å². The van der Waals surface area contributed by atoms with Gasteiger partial charge in [0.05, 0.1) is 12.0 Å². The summed E-state index contributed by atoms with van der Waals surface area (Å²) in [6.45, 7) is 4.66. The van der Waals surface area contributed by atoms with Crippen molar-refractivity contribution in [2.75, 3.05) is 0 Å². The molecule has 0 bridgehead atoms. The lowest BCUT2D eigenvalue weighted by Gasteiger charge is -2.50. The van der Waals surface area contributed by atoms with Gasteiger partial charge in [-0.05, 0) is 60.6 Å². The number of hydrogen-bond donors (Lipinski definition) is 1. The molecule has 29 heavy (non-hydrogen) atoms. The van der Waals surface area contributed by atoms with E-state index in [2.05, 4.69) is 46.7 Å². The van der Waals surface area contributed by atoms with Gasteiger partial charge in [0.2, 0.25) is 0 Å². The van der Waals surface area contributed by atoms with Crippen molar-refractivity contribution in [3.63, 3.8) is 0 Å². The first-order chi connectivity index (χ1) is 14.0. The highest BCUT2D eigenvalue weighted by molar-refractivity contribution is 5.88. The molecule has 2 fully saturated rings. The van der Waals surface area contributed by atoms with Gasteiger partial charge in [-0.15, -0.1) is 0 Å². The Morgan fingerprint density at radius 3 is 2.69 bits per heavy atom. The Bertz CT molecular complexity index is 876. The molecular formula is C24H30FNO3. The van der Waals surface area contributed by atoms with Crippen molar-refractivity contribution in [2.24, 2.45) is 11.3 Å². The summed E-state index contributed by atoms with van der Waals surface area (Å²) in [6, 6.07) is 12.8. The Hall–Kier alpha value is -2.14. The van der Waals surface area contributed by atoms with Gasteiger partial charge in [-0.3, -0.25) is 4.94 Å². The Balaban J connectivity index is 1.41. The molecule has 2 aliphatic carbocycles. The summed E-state index contributed by atoms with van der Waals surface area (Å²) in [6.07, 6.45) is 7.06. The number of halogens is 1. The number of nitrogens with one attached hydrogen (secondary N) is 1. The third-order valence-electron chi connectivity index (χ3n) is 6.93. The van der Waals surface area contributed by atoms with Crippen molar-refractivity contribution < 1.29 is 19.0 Å². The average molecular weight is 400 g/mol. The first-order valence-corrected chi connectivity index (χ1v) is 10.7. The van der Waals surface area contributed by atoms with Crippen LogP contribution in [-0.4, -0.2) is 18.1 Å². The van der Waals surface area contributed by atoms with E-state index >= 15 is 0 Å². The van der Waals surface area contributed by atoms with E-state index < -0.39 is 5.97 Å². The van der Waals surface area contributed by atoms with Gasteiger partial charge < -0.3 is 10.1 Å². The topological polar surface area (TPSA) is 47.6 Å². The van der Waals surface area contributed by atoms with Crippen molar-refractivity contribution in [3.05, 3.63) is 42.0 Å². The molecule has 1 N–H and O–H groups in total. The highest BCUT2D eigenvalue weighted by atomic mass is 19.3. The number of fused-ring (bicyclic) bond motifs is 1. The van der Waals surface area contributed by atoms with Gasteiger partial charge in [0.1, 0.15) is 5.75 Å². The van der Waals surface area contributed by atoms with Crippen LogP contribution in [0, 0.1) is 11.3 Å². The van der Waals surface area contributed by atoms with Gasteiger partial charge >= 0.3 is 5.97 Å². The third kappa shape index (κ3) is 4.11. The van der Waals surface area contributed by atoms with E-state index in [1.807, 2.05) is 13.8 Å². The predicted octanol–water partition coefficient (Wildman–Crippen LogP) is 5.48. The van der Waals surface area contributed by atoms with Crippen LogP contribution in [-0.2, 0) is 16.3 Å². The van der Waals surface area contributed by atoms with Crippen LogP contribution >= 0.6 is 0 Å². The van der Waals surface area contributed by atoms with E-state index in [-0.39, 0.29) is 17.4 Å². The summed E-state index contributed by atoms with van der Waals surface area (Å²) in [4.78, 5) is 14.9. The molecule has 4 nitrogen and oxygen atoms in total. The lowest BCUT2D eigenvalue weighted by Crippen LogP contribution is -2.59. The quantitative estimate of drug-likeness (QED) is 0.698. The van der Waals surface area contributed by atoms with Crippen LogP contribution in [0.25, 0.3) is 10.8 Å². The minimum absolute atomic E-state index is 0.156. The average Bonchev–Trinajstić information content (AvgIpc) is 2.73. The van der Waals surface area contributed by atoms with Crippen molar-refractivity contribution >= 4 is 16.7 Å². The summed E-state index contributed by atoms with van der Waals surface area (Å²) < 4.78 is 18.5. The molecule has 2 unspecified atom stereocenters. The van der Waals surface area contributed by atoms with Crippen LogP contribution in [0.15, 0.2) is 36.4 Å². The minimum atomic E-state index is -0.760. The molecule has 0 radical (unpaired) electrons. The lowest BCUT2D eigenvalue weighted by atomic mass is 9.58. The summed E-state index contributed by atoms with van der Waals surface area (Å²) in [5.74, 6) is -0.174. The number of rotatable bonds is 6. The van der Waals surface area contributed by atoms with Gasteiger partial charge in [0, 0.05) is 22.5 Å². The van der Waals surface area contributed by atoms with Gasteiger partial charge in [-0.25, -0.2) is 4.79 Å². The Kier molecular flexibility index (Phi) is 5.77. The number of carbonyl (C=O) groups excluding carboxylic acids is 1. The molecule has 156 valence electrons. The number of benzene rings is 2. The van der Waals surface area contributed by atoms with Gasteiger partial charge in [0.15, 0.2) is 0 Å². The molecule has 0 amide bonds. The van der Waals surface area contributed by atoms with Crippen LogP contribution < -0.4 is 10.1 Å². The van der Waals surface area contributed by atoms with Crippen LogP contribution in [0.3, 0.4) is 0 Å². The Morgan fingerprint density at radius 2 is 1.97 bits per heavy atom. The SMILES string of the molecule is CC1(C)C(NCc2ccc3c(OC4CCCCC4)cccc3c2)CC1C(=O)OF. The molecular weight excluding hydrogens is 369 g/mol. The molecule has 2 saturated carbocycles. The summed E-state index contributed by atoms with van der Waals surface area (Å²) in [5, 5.41) is 5.84. The minimum Gasteiger partial charge on any atom is -0.490 e. The standard InChI is InChI=1S/C24H30FNO3/c1-24(2)20(23(27)29-25)14-22(24)26-15-16-11-12-19-17(13-16)7-6-10-21(19)28-18-8-4-3-5-9-18/h6-7,10-13,18,20,22,26H,3-5,8-9,14-15H2,1-2H3. The molecule has 0 heterocycles. The zero-order valence-corrected chi connectivity index (χ0v) is 17.2. The molecule has 0 saturated heterocycles. The fourth-order valence-corrected chi connectivity index (χ4v) is 4.85. The highest BCUT2D eigenvalue weighted by Gasteiger charge is 2.52. The van der Waals surface area contributed by atoms with Gasteiger partial charge in [0.25, 0.3) is 0 Å². The van der Waals surface area contributed by atoms with Gasteiger partial charge in [-0.2, -0.15) is 0 Å². The van der Waals surface area contributed by atoms with Gasteiger partial charge in [-0.1, -0.05) is 44.5 Å². The Labute approximate surface area is 171 Å². The fraction of sp³-hybridized carbons (Fsp3) is 0.542. The fourth-order valence-electron chi connectivity index (χ4n) is 4.85. The summed E-state index contributed by atoms with van der Waals surface area (Å²) in [5.41, 5.74) is 0.862. The largest absolute Gasteiger partial charge is 0.490 e. The van der Waals surface area contributed by atoms with E-state index in [0.29, 0.717) is 19.1 Å². The van der Waals surface area contributed by atoms with Crippen molar-refractivity contribution in [2.45, 2.75) is 71.1 Å². The Morgan fingerprint density at radius 1 is 1.17 bits per heavy atom. The predicted molar refractivity (Wildman–Crippen MR) is 111 cm³/mol. The summed E-state index contributed by atoms with van der Waals surface area (Å²) >= 11 is 0. The maximum atomic E-state index is 12.2. The first-order valence-electron chi connectivity index (χ1n) is 10.7. The van der Waals surface area contributed by atoms with Crippen molar-refractivity contribution in [1.29, 1.82) is 0 Å². The molecule has 2 aromatic carbocycles. The molecule has 5 heteroatoms. The maximum Gasteiger partial charge on any atom is 0.352 e. The molecule has 0 aliphatic heterocycles.